The Morgan fingerprint density at radius 1 is 1.30 bits per heavy atom. The minimum Gasteiger partial charge on any atom is -0.292 e. The summed E-state index contributed by atoms with van der Waals surface area (Å²) in [5.41, 5.74) is 1.61. The van der Waals surface area contributed by atoms with Crippen LogP contribution in [0.25, 0.3) is 0 Å². The third-order valence-electron chi connectivity index (χ3n) is 1.60. The quantitative estimate of drug-likeness (QED) is 0.520. The highest BCUT2D eigenvalue weighted by Crippen LogP contribution is 2.20. The molecule has 0 saturated carbocycles. The molecule has 0 fully saturated rings. The van der Waals surface area contributed by atoms with E-state index >= 15 is 0 Å². The van der Waals surface area contributed by atoms with Gasteiger partial charge in [-0.1, -0.05) is 12.1 Å². The first-order chi connectivity index (χ1) is 4.88. The van der Waals surface area contributed by atoms with E-state index in [2.05, 4.69) is 5.32 Å². The Hall–Kier alpha value is -1.31. The van der Waals surface area contributed by atoms with E-state index in [4.69, 9.17) is 0 Å². The van der Waals surface area contributed by atoms with Crippen molar-refractivity contribution < 1.29 is 4.79 Å². The van der Waals surface area contributed by atoms with Crippen LogP contribution in [-0.4, -0.2) is 12.3 Å². The van der Waals surface area contributed by atoms with E-state index in [1.165, 1.54) is 0 Å². The summed E-state index contributed by atoms with van der Waals surface area (Å²) >= 11 is 0. The Morgan fingerprint density at radius 3 is 2.90 bits per heavy atom. The normalized spacial score (nSPS) is 14.6. The van der Waals surface area contributed by atoms with Crippen LogP contribution in [0.5, 0.6) is 0 Å². The Morgan fingerprint density at radius 2 is 2.10 bits per heavy atom. The average Bonchev–Trinajstić information content (AvgIpc) is 2.34. The van der Waals surface area contributed by atoms with Crippen molar-refractivity contribution in [3.05, 3.63) is 29.8 Å². The van der Waals surface area contributed by atoms with Gasteiger partial charge < -0.3 is 0 Å². The molecule has 2 nitrogen and oxygen atoms in total. The molecule has 0 bridgehead atoms. The summed E-state index contributed by atoms with van der Waals surface area (Å²) in [5.74, 6) is 0.135. The number of para-hydroxylation sites is 1. The monoisotopic (exact) mass is 132 g/mol. The van der Waals surface area contributed by atoms with Crippen LogP contribution in [0, 0.1) is 0 Å². The third-order valence-corrected chi connectivity index (χ3v) is 1.60. The van der Waals surface area contributed by atoms with Gasteiger partial charge in [0.15, 0.2) is 5.78 Å². The summed E-state index contributed by atoms with van der Waals surface area (Å²) in [6.45, 7) is 0.333. The van der Waals surface area contributed by atoms with Crippen molar-refractivity contribution in [1.82, 2.24) is 5.32 Å². The second-order valence-corrected chi connectivity index (χ2v) is 2.26. The summed E-state index contributed by atoms with van der Waals surface area (Å²) in [5, 5.41) is 4.03. The first-order valence-corrected chi connectivity index (χ1v) is 3.17. The lowest BCUT2D eigenvalue weighted by atomic mass is 10.1. The van der Waals surface area contributed by atoms with Gasteiger partial charge in [0.25, 0.3) is 0 Å². The van der Waals surface area contributed by atoms with Gasteiger partial charge in [0.2, 0.25) is 0 Å². The average molecular weight is 132 g/mol. The van der Waals surface area contributed by atoms with E-state index in [0.29, 0.717) is 6.54 Å². The summed E-state index contributed by atoms with van der Waals surface area (Å²) in [4.78, 5) is 11.0. The van der Waals surface area contributed by atoms with E-state index < -0.39 is 0 Å². The van der Waals surface area contributed by atoms with E-state index in [1.54, 1.807) is 0 Å². The van der Waals surface area contributed by atoms with Crippen LogP contribution in [0.15, 0.2) is 24.3 Å². The molecule has 2 rings (SSSR count). The van der Waals surface area contributed by atoms with Gasteiger partial charge in [0.1, 0.15) is 6.54 Å². The lowest BCUT2D eigenvalue weighted by Crippen LogP contribution is -1.99. The molecule has 10 heavy (non-hydrogen) atoms. The number of fused-ring (bicyclic) bond motifs is 1. The number of Topliss-reactive ketones (excluding diaryl/α,β-unsaturated/α-hetero) is 1. The molecule has 0 saturated heterocycles. The van der Waals surface area contributed by atoms with Crippen LogP contribution < -0.4 is 5.32 Å². The second-order valence-electron chi connectivity index (χ2n) is 2.26. The summed E-state index contributed by atoms with van der Waals surface area (Å²) in [6, 6.07) is 7.42. The molecular formula is C8H6NO. The largest absolute Gasteiger partial charge is 0.292 e. The molecule has 0 unspecified atom stereocenters. The number of hydrogen-bond acceptors (Lipinski definition) is 1. The third kappa shape index (κ3) is 0.620. The van der Waals surface area contributed by atoms with Crippen LogP contribution in [0.3, 0.4) is 0 Å². The second kappa shape index (κ2) is 1.84. The molecule has 1 aliphatic rings. The van der Waals surface area contributed by atoms with Crippen LogP contribution in [0.4, 0.5) is 5.69 Å². The fourth-order valence-electron chi connectivity index (χ4n) is 1.09. The van der Waals surface area contributed by atoms with Gasteiger partial charge in [-0.2, -0.15) is 0 Å². The van der Waals surface area contributed by atoms with Gasteiger partial charge >= 0.3 is 0 Å². The van der Waals surface area contributed by atoms with Gasteiger partial charge in [-0.05, 0) is 12.1 Å². The molecule has 0 amide bonds. The first kappa shape index (κ1) is 5.47. The first-order valence-electron chi connectivity index (χ1n) is 3.17. The van der Waals surface area contributed by atoms with E-state index in [1.807, 2.05) is 24.3 Å². The SMILES string of the molecule is O=C1C[N]c2ccccc21. The summed E-state index contributed by atoms with van der Waals surface area (Å²) < 4.78 is 0. The Bertz CT molecular complexity index is 280. The highest BCUT2D eigenvalue weighted by Gasteiger charge is 2.18. The molecule has 0 spiro atoms. The Kier molecular flexibility index (Phi) is 1.01. The number of nitrogens with zero attached hydrogens (tertiary/aromatic N) is 1. The maximum atomic E-state index is 11.0. The van der Waals surface area contributed by atoms with Crippen LogP contribution in [0.1, 0.15) is 10.4 Å². The van der Waals surface area contributed by atoms with Crippen LogP contribution >= 0.6 is 0 Å². The van der Waals surface area contributed by atoms with E-state index in [9.17, 15) is 4.79 Å². The molecule has 1 heterocycles. The smallest absolute Gasteiger partial charge is 0.186 e. The van der Waals surface area contributed by atoms with Crippen molar-refractivity contribution in [1.29, 1.82) is 0 Å². The number of benzene rings is 1. The number of carbonyl (C=O) groups is 1. The van der Waals surface area contributed by atoms with Gasteiger partial charge in [-0.25, -0.2) is 0 Å². The molecule has 1 radical (unpaired) electrons. The van der Waals surface area contributed by atoms with E-state index in [-0.39, 0.29) is 5.78 Å². The zero-order chi connectivity index (χ0) is 6.97. The lowest BCUT2D eigenvalue weighted by Gasteiger charge is -1.90. The fraction of sp³-hybridized carbons (Fsp3) is 0.125. The topological polar surface area (TPSA) is 31.2 Å². The Balaban J connectivity index is 2.61. The van der Waals surface area contributed by atoms with Crippen LogP contribution in [0.2, 0.25) is 0 Å². The van der Waals surface area contributed by atoms with Gasteiger partial charge in [0, 0.05) is 5.56 Å². The van der Waals surface area contributed by atoms with Gasteiger partial charge in [-0.3, -0.25) is 10.1 Å². The van der Waals surface area contributed by atoms with Crippen LogP contribution in [-0.2, 0) is 0 Å². The van der Waals surface area contributed by atoms with Gasteiger partial charge in [-0.15, -0.1) is 0 Å². The zero-order valence-corrected chi connectivity index (χ0v) is 5.37. The minimum atomic E-state index is 0.135. The van der Waals surface area contributed by atoms with Crippen molar-refractivity contribution in [2.75, 3.05) is 6.54 Å². The molecule has 0 aliphatic carbocycles. The van der Waals surface area contributed by atoms with Crippen molar-refractivity contribution in [3.63, 3.8) is 0 Å². The minimum absolute atomic E-state index is 0.135. The molecule has 1 aromatic carbocycles. The van der Waals surface area contributed by atoms with Crippen molar-refractivity contribution in [2.24, 2.45) is 0 Å². The summed E-state index contributed by atoms with van der Waals surface area (Å²) in [6.07, 6.45) is 0. The van der Waals surface area contributed by atoms with Crippen molar-refractivity contribution >= 4 is 11.5 Å². The molecule has 1 aliphatic heterocycles. The molecule has 2 heteroatoms. The predicted molar refractivity (Wildman–Crippen MR) is 37.4 cm³/mol. The molecule has 0 aromatic heterocycles. The van der Waals surface area contributed by atoms with E-state index in [0.717, 1.165) is 11.3 Å². The Labute approximate surface area is 58.9 Å². The maximum Gasteiger partial charge on any atom is 0.186 e. The predicted octanol–water partition coefficient (Wildman–Crippen LogP) is 1.12. The van der Waals surface area contributed by atoms with Crippen molar-refractivity contribution in [3.8, 4) is 0 Å². The highest BCUT2D eigenvalue weighted by molar-refractivity contribution is 6.05. The standard InChI is InChI=1S/C8H6NO/c10-8-5-9-7-4-2-1-3-6(7)8/h1-4H,5H2. The molecule has 0 N–H and O–H groups in total. The molecule has 0 atom stereocenters. The fourth-order valence-corrected chi connectivity index (χ4v) is 1.09. The molecule has 49 valence electrons. The van der Waals surface area contributed by atoms with Gasteiger partial charge in [0.05, 0.1) is 5.69 Å². The maximum absolute atomic E-state index is 11.0. The lowest BCUT2D eigenvalue weighted by molar-refractivity contribution is 0.101. The zero-order valence-electron chi connectivity index (χ0n) is 5.37. The number of ketones is 1. The number of carbonyl (C=O) groups excluding carboxylic acids is 1. The highest BCUT2D eigenvalue weighted by atomic mass is 16.1. The molecule has 1 aromatic rings. The number of rotatable bonds is 0. The summed E-state index contributed by atoms with van der Waals surface area (Å²) in [7, 11) is 0. The molecular weight excluding hydrogens is 126 g/mol. The van der Waals surface area contributed by atoms with Crippen molar-refractivity contribution in [2.45, 2.75) is 0 Å². The number of hydrogen-bond donors (Lipinski definition) is 0.